The van der Waals surface area contributed by atoms with E-state index >= 15 is 0 Å². The molecule has 0 aliphatic carbocycles. The van der Waals surface area contributed by atoms with Crippen LogP contribution in [0.3, 0.4) is 0 Å². The number of hydrogen-bond acceptors (Lipinski definition) is 4. The third-order valence-corrected chi connectivity index (χ3v) is 5.98. The molecule has 0 aliphatic heterocycles. The molecule has 0 bridgehead atoms. The predicted molar refractivity (Wildman–Crippen MR) is 131 cm³/mol. The van der Waals surface area contributed by atoms with E-state index in [-0.39, 0.29) is 27.9 Å². The SMILES string of the molecule is CCN(CC)C(=O)c1cc(Cl)cc(Cl)c1N(C)C(=O)c1cc(Br)nn1-c1ncccc1Cl. The fourth-order valence-corrected chi connectivity index (χ4v) is 4.42. The maximum Gasteiger partial charge on any atom is 0.276 e. The molecule has 2 heterocycles. The number of aromatic nitrogens is 3. The van der Waals surface area contributed by atoms with Gasteiger partial charge < -0.3 is 9.80 Å². The first-order valence-corrected chi connectivity index (χ1v) is 11.5. The average Bonchev–Trinajstić information content (AvgIpc) is 3.14. The fraction of sp³-hybridized carbons (Fsp3) is 0.238. The number of hydrogen-bond donors (Lipinski definition) is 0. The number of rotatable bonds is 6. The summed E-state index contributed by atoms with van der Waals surface area (Å²) in [4.78, 5) is 33.8. The number of pyridine rings is 1. The van der Waals surface area contributed by atoms with Gasteiger partial charge in [-0.1, -0.05) is 34.8 Å². The normalized spacial score (nSPS) is 10.8. The van der Waals surface area contributed by atoms with Gasteiger partial charge in [0, 0.05) is 37.4 Å². The minimum atomic E-state index is -0.470. The summed E-state index contributed by atoms with van der Waals surface area (Å²) in [6.07, 6.45) is 1.55. The number of halogens is 4. The van der Waals surface area contributed by atoms with Crippen LogP contribution < -0.4 is 4.90 Å². The van der Waals surface area contributed by atoms with Crippen molar-refractivity contribution in [2.24, 2.45) is 0 Å². The number of benzene rings is 1. The lowest BCUT2D eigenvalue weighted by Crippen LogP contribution is -2.34. The number of amides is 2. The van der Waals surface area contributed by atoms with E-state index < -0.39 is 5.91 Å². The molecular formula is C21H19BrCl3N5O2. The number of carbonyl (C=O) groups is 2. The maximum absolute atomic E-state index is 13.5. The van der Waals surface area contributed by atoms with Gasteiger partial charge in [0.1, 0.15) is 10.3 Å². The molecule has 7 nitrogen and oxygen atoms in total. The second-order valence-corrected chi connectivity index (χ2v) is 8.76. The van der Waals surface area contributed by atoms with E-state index in [0.717, 1.165) is 0 Å². The highest BCUT2D eigenvalue weighted by Crippen LogP contribution is 2.35. The fourth-order valence-electron chi connectivity index (χ4n) is 3.22. The standard InChI is InChI=1S/C21H19BrCl3N5O2/c1-4-29(5-2)20(31)13-9-12(23)10-15(25)18(13)28(3)21(32)16-11-17(22)27-30(16)19-14(24)7-6-8-26-19/h6-11H,4-5H2,1-3H3. The van der Waals surface area contributed by atoms with Crippen LogP contribution in [-0.2, 0) is 0 Å². The van der Waals surface area contributed by atoms with Crippen LogP contribution in [0.5, 0.6) is 0 Å². The molecule has 0 aliphatic rings. The van der Waals surface area contributed by atoms with Gasteiger partial charge in [0.25, 0.3) is 11.8 Å². The molecule has 2 amide bonds. The van der Waals surface area contributed by atoms with Gasteiger partial charge in [0.15, 0.2) is 5.82 Å². The van der Waals surface area contributed by atoms with Gasteiger partial charge in [-0.05, 0) is 54.0 Å². The molecule has 0 saturated carbocycles. The van der Waals surface area contributed by atoms with Gasteiger partial charge >= 0.3 is 0 Å². The van der Waals surface area contributed by atoms with Crippen LogP contribution in [0.4, 0.5) is 5.69 Å². The van der Waals surface area contributed by atoms with Crippen LogP contribution in [0.2, 0.25) is 15.1 Å². The molecule has 1 aromatic carbocycles. The molecule has 0 radical (unpaired) electrons. The van der Waals surface area contributed by atoms with E-state index in [9.17, 15) is 9.59 Å². The van der Waals surface area contributed by atoms with Crippen LogP contribution in [0.1, 0.15) is 34.7 Å². The largest absolute Gasteiger partial charge is 0.339 e. The zero-order valence-corrected chi connectivity index (χ0v) is 21.3. The summed E-state index contributed by atoms with van der Waals surface area (Å²) in [5.41, 5.74) is 0.643. The first-order chi connectivity index (χ1) is 15.2. The summed E-state index contributed by atoms with van der Waals surface area (Å²) in [5, 5.41) is 5.08. The monoisotopic (exact) mass is 557 g/mol. The molecule has 11 heteroatoms. The van der Waals surface area contributed by atoms with E-state index in [0.29, 0.717) is 33.6 Å². The molecule has 0 N–H and O–H groups in total. The summed E-state index contributed by atoms with van der Waals surface area (Å²) in [7, 11) is 1.53. The molecule has 0 saturated heterocycles. The van der Waals surface area contributed by atoms with Crippen molar-refractivity contribution in [1.29, 1.82) is 0 Å². The van der Waals surface area contributed by atoms with Crippen molar-refractivity contribution < 1.29 is 9.59 Å². The Bertz CT molecular complexity index is 1180. The topological polar surface area (TPSA) is 71.3 Å². The van der Waals surface area contributed by atoms with Crippen molar-refractivity contribution in [1.82, 2.24) is 19.7 Å². The summed E-state index contributed by atoms with van der Waals surface area (Å²) in [6, 6.07) is 7.87. The Balaban J connectivity index is 2.12. The van der Waals surface area contributed by atoms with Gasteiger partial charge in [-0.3, -0.25) is 9.59 Å². The number of nitrogens with zero attached hydrogens (tertiary/aromatic N) is 5. The lowest BCUT2D eigenvalue weighted by molar-refractivity contribution is 0.0773. The Morgan fingerprint density at radius 1 is 1.06 bits per heavy atom. The summed E-state index contributed by atoms with van der Waals surface area (Å²) in [6.45, 7) is 4.73. The van der Waals surface area contributed by atoms with E-state index in [2.05, 4.69) is 26.0 Å². The highest BCUT2D eigenvalue weighted by atomic mass is 79.9. The molecule has 0 unspecified atom stereocenters. The van der Waals surface area contributed by atoms with E-state index in [1.807, 2.05) is 13.8 Å². The Morgan fingerprint density at radius 3 is 2.38 bits per heavy atom. The third-order valence-electron chi connectivity index (χ3n) is 4.79. The van der Waals surface area contributed by atoms with Crippen LogP contribution >= 0.6 is 50.7 Å². The smallest absolute Gasteiger partial charge is 0.276 e. The minimum absolute atomic E-state index is 0.171. The molecule has 2 aromatic heterocycles. The van der Waals surface area contributed by atoms with Gasteiger partial charge in [0.2, 0.25) is 0 Å². The van der Waals surface area contributed by atoms with E-state index in [4.69, 9.17) is 34.8 Å². The van der Waals surface area contributed by atoms with Crippen molar-refractivity contribution in [3.8, 4) is 5.82 Å². The van der Waals surface area contributed by atoms with E-state index in [1.165, 1.54) is 28.8 Å². The summed E-state index contributed by atoms with van der Waals surface area (Å²) >= 11 is 22.2. The minimum Gasteiger partial charge on any atom is -0.339 e. The Kier molecular flexibility index (Phi) is 7.82. The molecule has 3 rings (SSSR count). The maximum atomic E-state index is 13.5. The molecule has 0 spiro atoms. The lowest BCUT2D eigenvalue weighted by Gasteiger charge is -2.25. The Labute approximate surface area is 209 Å². The van der Waals surface area contributed by atoms with Gasteiger partial charge in [-0.25, -0.2) is 9.67 Å². The molecule has 3 aromatic rings. The van der Waals surface area contributed by atoms with Gasteiger partial charge in [-0.15, -0.1) is 0 Å². The number of carbonyl (C=O) groups excluding carboxylic acids is 2. The zero-order chi connectivity index (χ0) is 23.6. The predicted octanol–water partition coefficient (Wildman–Crippen LogP) is 5.75. The molecular weight excluding hydrogens is 541 g/mol. The second kappa shape index (κ2) is 10.2. The van der Waals surface area contributed by atoms with Crippen molar-refractivity contribution in [3.05, 3.63) is 67.5 Å². The molecule has 0 atom stereocenters. The Morgan fingerprint density at radius 2 is 1.75 bits per heavy atom. The first kappa shape index (κ1) is 24.5. The van der Waals surface area contributed by atoms with Crippen LogP contribution in [0, 0.1) is 0 Å². The summed E-state index contributed by atoms with van der Waals surface area (Å²) < 4.78 is 1.75. The summed E-state index contributed by atoms with van der Waals surface area (Å²) in [5.74, 6) is -0.461. The first-order valence-electron chi connectivity index (χ1n) is 9.62. The number of anilines is 1. The van der Waals surface area contributed by atoms with Crippen molar-refractivity contribution >= 4 is 68.2 Å². The highest BCUT2D eigenvalue weighted by molar-refractivity contribution is 9.10. The van der Waals surface area contributed by atoms with E-state index in [1.54, 1.807) is 29.3 Å². The lowest BCUT2D eigenvalue weighted by atomic mass is 10.1. The molecule has 168 valence electrons. The molecule has 0 fully saturated rings. The van der Waals surface area contributed by atoms with Crippen LogP contribution in [0.15, 0.2) is 41.1 Å². The second-order valence-electron chi connectivity index (χ2n) is 6.70. The Hall–Kier alpha value is -2.13. The highest BCUT2D eigenvalue weighted by Gasteiger charge is 2.28. The molecule has 32 heavy (non-hydrogen) atoms. The van der Waals surface area contributed by atoms with Gasteiger partial charge in [-0.2, -0.15) is 5.10 Å². The van der Waals surface area contributed by atoms with Gasteiger partial charge in [0.05, 0.1) is 21.3 Å². The average molecular weight is 560 g/mol. The van der Waals surface area contributed by atoms with Crippen LogP contribution in [0.25, 0.3) is 5.82 Å². The van der Waals surface area contributed by atoms with Crippen molar-refractivity contribution in [2.75, 3.05) is 25.0 Å². The third kappa shape index (κ3) is 4.78. The van der Waals surface area contributed by atoms with Crippen molar-refractivity contribution in [3.63, 3.8) is 0 Å². The van der Waals surface area contributed by atoms with Crippen molar-refractivity contribution in [2.45, 2.75) is 13.8 Å². The van der Waals surface area contributed by atoms with Crippen LogP contribution in [-0.4, -0.2) is 51.6 Å². The quantitative estimate of drug-likeness (QED) is 0.386. The zero-order valence-electron chi connectivity index (χ0n) is 17.4.